The van der Waals surface area contributed by atoms with E-state index in [0.717, 1.165) is 37.4 Å². The zero-order valence-electron chi connectivity index (χ0n) is 11.7. The average molecular weight is 276 g/mol. The molecule has 0 atom stereocenters. The summed E-state index contributed by atoms with van der Waals surface area (Å²) in [5.74, 6) is 1.52. The Balaban J connectivity index is 1.72. The molecule has 1 aromatic carbocycles. The van der Waals surface area contributed by atoms with E-state index < -0.39 is 0 Å². The Morgan fingerprint density at radius 1 is 1.20 bits per heavy atom. The van der Waals surface area contributed by atoms with E-state index >= 15 is 0 Å². The molecule has 3 rings (SSSR count). The number of hydrogen-bond donors (Lipinski definition) is 2. The highest BCUT2D eigenvalue weighted by Crippen LogP contribution is 2.34. The van der Waals surface area contributed by atoms with Crippen molar-refractivity contribution in [1.29, 1.82) is 0 Å². The maximum absolute atomic E-state index is 12.4. The van der Waals surface area contributed by atoms with Crippen molar-refractivity contribution in [3.05, 3.63) is 18.2 Å². The third-order valence-electron chi connectivity index (χ3n) is 4.06. The number of fused-ring (bicyclic) bond motifs is 1. The fraction of sp³-hybridized carbons (Fsp3) is 0.533. The SMILES string of the molecule is CC1(C(=O)Nc2ccc3c(c2)OCCO3)CCNCC1. The summed E-state index contributed by atoms with van der Waals surface area (Å²) in [7, 11) is 0. The first-order valence-corrected chi connectivity index (χ1v) is 7.09. The molecule has 0 aliphatic carbocycles. The highest BCUT2D eigenvalue weighted by molar-refractivity contribution is 5.95. The van der Waals surface area contributed by atoms with Crippen LogP contribution in [0.2, 0.25) is 0 Å². The number of ether oxygens (including phenoxy) is 2. The lowest BCUT2D eigenvalue weighted by atomic mass is 9.80. The van der Waals surface area contributed by atoms with E-state index in [4.69, 9.17) is 9.47 Å². The lowest BCUT2D eigenvalue weighted by Crippen LogP contribution is -2.42. The number of rotatable bonds is 2. The zero-order chi connectivity index (χ0) is 14.0. The quantitative estimate of drug-likeness (QED) is 0.864. The number of piperidine rings is 1. The number of nitrogens with one attached hydrogen (secondary N) is 2. The summed E-state index contributed by atoms with van der Waals surface area (Å²) >= 11 is 0. The van der Waals surface area contributed by atoms with Crippen LogP contribution < -0.4 is 20.1 Å². The highest BCUT2D eigenvalue weighted by Gasteiger charge is 2.34. The fourth-order valence-corrected chi connectivity index (χ4v) is 2.61. The number of carbonyl (C=O) groups excluding carboxylic acids is 1. The van der Waals surface area contributed by atoms with Gasteiger partial charge in [-0.15, -0.1) is 0 Å². The van der Waals surface area contributed by atoms with Crippen molar-refractivity contribution in [3.63, 3.8) is 0 Å². The molecule has 1 saturated heterocycles. The predicted octanol–water partition coefficient (Wildman–Crippen LogP) is 1.79. The van der Waals surface area contributed by atoms with E-state index in [0.29, 0.717) is 19.0 Å². The Morgan fingerprint density at radius 3 is 2.65 bits per heavy atom. The van der Waals surface area contributed by atoms with Gasteiger partial charge in [-0.25, -0.2) is 0 Å². The van der Waals surface area contributed by atoms with E-state index in [1.807, 2.05) is 25.1 Å². The Kier molecular flexibility index (Phi) is 3.53. The maximum Gasteiger partial charge on any atom is 0.230 e. The molecule has 20 heavy (non-hydrogen) atoms. The van der Waals surface area contributed by atoms with Crippen molar-refractivity contribution >= 4 is 11.6 Å². The molecule has 1 aromatic rings. The molecular weight excluding hydrogens is 256 g/mol. The first-order valence-electron chi connectivity index (χ1n) is 7.09. The van der Waals surface area contributed by atoms with Crippen LogP contribution in [0.3, 0.4) is 0 Å². The van der Waals surface area contributed by atoms with Gasteiger partial charge in [0, 0.05) is 17.2 Å². The predicted molar refractivity (Wildman–Crippen MR) is 76.3 cm³/mol. The smallest absolute Gasteiger partial charge is 0.230 e. The summed E-state index contributed by atoms with van der Waals surface area (Å²) in [6, 6.07) is 5.53. The van der Waals surface area contributed by atoms with Gasteiger partial charge in [-0.2, -0.15) is 0 Å². The Labute approximate surface area is 118 Å². The third kappa shape index (κ3) is 2.58. The van der Waals surface area contributed by atoms with Gasteiger partial charge in [0.1, 0.15) is 13.2 Å². The second kappa shape index (κ2) is 5.32. The van der Waals surface area contributed by atoms with Crippen LogP contribution in [-0.4, -0.2) is 32.2 Å². The average Bonchev–Trinajstić information content (AvgIpc) is 2.48. The van der Waals surface area contributed by atoms with Crippen molar-refractivity contribution in [2.45, 2.75) is 19.8 Å². The molecule has 0 aromatic heterocycles. The topological polar surface area (TPSA) is 59.6 Å². The summed E-state index contributed by atoms with van der Waals surface area (Å²) in [5, 5.41) is 6.28. The van der Waals surface area contributed by atoms with Gasteiger partial charge < -0.3 is 20.1 Å². The molecule has 1 fully saturated rings. The number of hydrogen-bond acceptors (Lipinski definition) is 4. The van der Waals surface area contributed by atoms with Crippen LogP contribution >= 0.6 is 0 Å². The van der Waals surface area contributed by atoms with Crippen molar-refractivity contribution in [2.24, 2.45) is 5.41 Å². The molecular formula is C15H20N2O3. The number of amides is 1. The molecule has 2 aliphatic rings. The fourth-order valence-electron chi connectivity index (χ4n) is 2.61. The highest BCUT2D eigenvalue weighted by atomic mass is 16.6. The van der Waals surface area contributed by atoms with Gasteiger partial charge in [0.25, 0.3) is 0 Å². The molecule has 2 N–H and O–H groups in total. The lowest BCUT2D eigenvalue weighted by Gasteiger charge is -2.32. The molecule has 0 bridgehead atoms. The van der Waals surface area contributed by atoms with E-state index in [1.54, 1.807) is 0 Å². The second-order valence-corrected chi connectivity index (χ2v) is 5.62. The molecule has 2 heterocycles. The molecule has 0 spiro atoms. The largest absolute Gasteiger partial charge is 0.486 e. The van der Waals surface area contributed by atoms with E-state index in [2.05, 4.69) is 10.6 Å². The number of benzene rings is 1. The summed E-state index contributed by atoms with van der Waals surface area (Å²) in [6.45, 7) is 4.94. The normalized spacial score (nSPS) is 20.2. The van der Waals surface area contributed by atoms with Gasteiger partial charge in [-0.1, -0.05) is 6.92 Å². The number of carbonyl (C=O) groups is 1. The van der Waals surface area contributed by atoms with Crippen molar-refractivity contribution in [3.8, 4) is 11.5 Å². The van der Waals surface area contributed by atoms with E-state index in [-0.39, 0.29) is 11.3 Å². The van der Waals surface area contributed by atoms with Gasteiger partial charge >= 0.3 is 0 Å². The monoisotopic (exact) mass is 276 g/mol. The summed E-state index contributed by atoms with van der Waals surface area (Å²) in [6.07, 6.45) is 1.73. The Hall–Kier alpha value is -1.75. The van der Waals surface area contributed by atoms with Crippen LogP contribution in [0.4, 0.5) is 5.69 Å². The van der Waals surface area contributed by atoms with Crippen LogP contribution in [-0.2, 0) is 4.79 Å². The summed E-state index contributed by atoms with van der Waals surface area (Å²) in [4.78, 5) is 12.4. The van der Waals surface area contributed by atoms with E-state index in [1.165, 1.54) is 0 Å². The molecule has 108 valence electrons. The first kappa shape index (κ1) is 13.2. The molecule has 2 aliphatic heterocycles. The minimum absolute atomic E-state index is 0.0793. The minimum atomic E-state index is -0.293. The van der Waals surface area contributed by atoms with Crippen molar-refractivity contribution in [2.75, 3.05) is 31.6 Å². The van der Waals surface area contributed by atoms with Gasteiger partial charge in [-0.05, 0) is 38.1 Å². The molecule has 0 unspecified atom stereocenters. The molecule has 0 radical (unpaired) electrons. The Bertz CT molecular complexity index is 510. The van der Waals surface area contributed by atoms with Gasteiger partial charge in [0.2, 0.25) is 5.91 Å². The van der Waals surface area contributed by atoms with Crippen molar-refractivity contribution in [1.82, 2.24) is 5.32 Å². The summed E-state index contributed by atoms with van der Waals surface area (Å²) in [5.41, 5.74) is 0.470. The van der Waals surface area contributed by atoms with Crippen LogP contribution in [0.25, 0.3) is 0 Å². The van der Waals surface area contributed by atoms with Crippen molar-refractivity contribution < 1.29 is 14.3 Å². The molecule has 1 amide bonds. The Morgan fingerprint density at radius 2 is 1.90 bits per heavy atom. The second-order valence-electron chi connectivity index (χ2n) is 5.62. The minimum Gasteiger partial charge on any atom is -0.486 e. The van der Waals surface area contributed by atoms with Crippen LogP contribution in [0, 0.1) is 5.41 Å². The molecule has 5 nitrogen and oxygen atoms in total. The molecule has 5 heteroatoms. The van der Waals surface area contributed by atoms with Gasteiger partial charge in [-0.3, -0.25) is 4.79 Å². The van der Waals surface area contributed by atoms with Crippen LogP contribution in [0.5, 0.6) is 11.5 Å². The van der Waals surface area contributed by atoms with Gasteiger partial charge in [0.05, 0.1) is 0 Å². The third-order valence-corrected chi connectivity index (χ3v) is 4.06. The summed E-state index contributed by atoms with van der Waals surface area (Å²) < 4.78 is 11.0. The lowest BCUT2D eigenvalue weighted by molar-refractivity contribution is -0.126. The first-order chi connectivity index (χ1) is 9.67. The molecule has 0 saturated carbocycles. The standard InChI is InChI=1S/C15H20N2O3/c1-15(4-6-16-7-5-15)14(18)17-11-2-3-12-13(10-11)20-9-8-19-12/h2-3,10,16H,4-9H2,1H3,(H,17,18). The maximum atomic E-state index is 12.4. The van der Waals surface area contributed by atoms with E-state index in [9.17, 15) is 4.79 Å². The number of anilines is 1. The zero-order valence-corrected chi connectivity index (χ0v) is 11.7. The van der Waals surface area contributed by atoms with Crippen LogP contribution in [0.15, 0.2) is 18.2 Å². The van der Waals surface area contributed by atoms with Gasteiger partial charge in [0.15, 0.2) is 11.5 Å². The van der Waals surface area contributed by atoms with Crippen LogP contribution in [0.1, 0.15) is 19.8 Å².